The van der Waals surface area contributed by atoms with Crippen molar-refractivity contribution in [3.8, 4) is 0 Å². The van der Waals surface area contributed by atoms with Crippen molar-refractivity contribution in [1.82, 2.24) is 0 Å². The van der Waals surface area contributed by atoms with Crippen molar-refractivity contribution >= 4 is 23.5 Å². The summed E-state index contributed by atoms with van der Waals surface area (Å²) in [6, 6.07) is 10.8. The summed E-state index contributed by atoms with van der Waals surface area (Å²) in [7, 11) is 0. The molecule has 1 rings (SSSR count). The first-order valence-corrected chi connectivity index (χ1v) is 7.73. The van der Waals surface area contributed by atoms with Crippen LogP contribution in [0.5, 0.6) is 0 Å². The number of thioether (sulfide) groups is 2. The molecule has 0 aliphatic heterocycles. The molecular formula is C13H20S2. The van der Waals surface area contributed by atoms with Crippen LogP contribution in [0.1, 0.15) is 25.8 Å². The predicted octanol–water partition coefficient (Wildman–Crippen LogP) is 4.45. The molecule has 1 aromatic rings. The quantitative estimate of drug-likeness (QED) is 0.646. The molecule has 0 bridgehead atoms. The highest BCUT2D eigenvalue weighted by molar-refractivity contribution is 8.16. The van der Waals surface area contributed by atoms with Crippen LogP contribution in [0.25, 0.3) is 0 Å². The molecule has 0 spiro atoms. The number of hydrogen-bond donors (Lipinski definition) is 0. The third-order valence-electron chi connectivity index (χ3n) is 2.22. The number of rotatable bonds is 7. The van der Waals surface area contributed by atoms with Gasteiger partial charge in [0.15, 0.2) is 0 Å². The van der Waals surface area contributed by atoms with Crippen LogP contribution < -0.4 is 0 Å². The predicted molar refractivity (Wildman–Crippen MR) is 74.8 cm³/mol. The Bertz CT molecular complexity index is 240. The van der Waals surface area contributed by atoms with E-state index in [4.69, 9.17) is 0 Å². The van der Waals surface area contributed by atoms with E-state index in [0.717, 1.165) is 4.58 Å². The summed E-state index contributed by atoms with van der Waals surface area (Å²) < 4.78 is 0.778. The zero-order valence-corrected chi connectivity index (χ0v) is 11.2. The molecule has 0 amide bonds. The summed E-state index contributed by atoms with van der Waals surface area (Å²) in [4.78, 5) is 0. The maximum absolute atomic E-state index is 2.25. The monoisotopic (exact) mass is 240 g/mol. The first kappa shape index (κ1) is 13.0. The van der Waals surface area contributed by atoms with Crippen molar-refractivity contribution < 1.29 is 0 Å². The molecule has 15 heavy (non-hydrogen) atoms. The van der Waals surface area contributed by atoms with Crippen LogP contribution in [0.3, 0.4) is 0 Å². The van der Waals surface area contributed by atoms with E-state index in [1.54, 1.807) is 0 Å². The van der Waals surface area contributed by atoms with Crippen molar-refractivity contribution in [3.05, 3.63) is 35.9 Å². The Morgan fingerprint density at radius 2 is 1.60 bits per heavy atom. The smallest absolute Gasteiger partial charge is 0.0505 e. The zero-order valence-electron chi connectivity index (χ0n) is 9.61. The summed E-state index contributed by atoms with van der Waals surface area (Å²) in [5, 5.41) is 0. The number of hydrogen-bond acceptors (Lipinski definition) is 2. The highest BCUT2D eigenvalue weighted by Crippen LogP contribution is 2.27. The fourth-order valence-electron chi connectivity index (χ4n) is 1.52. The molecule has 0 saturated heterocycles. The second kappa shape index (κ2) is 8.12. The van der Waals surface area contributed by atoms with E-state index in [0.29, 0.717) is 0 Å². The van der Waals surface area contributed by atoms with Gasteiger partial charge in [-0.3, -0.25) is 0 Å². The van der Waals surface area contributed by atoms with Gasteiger partial charge in [-0.25, -0.2) is 0 Å². The minimum Gasteiger partial charge on any atom is -0.148 e. The average Bonchev–Trinajstić information content (AvgIpc) is 2.28. The maximum Gasteiger partial charge on any atom is 0.0505 e. The van der Waals surface area contributed by atoms with Crippen molar-refractivity contribution in [1.29, 1.82) is 0 Å². The Hall–Kier alpha value is -0.0800. The third kappa shape index (κ3) is 5.53. The number of aryl methyl sites for hydroxylation is 1. The van der Waals surface area contributed by atoms with Crippen LogP contribution in [0.2, 0.25) is 0 Å². The van der Waals surface area contributed by atoms with Gasteiger partial charge in [0.2, 0.25) is 0 Å². The normalized spacial score (nSPS) is 10.9. The lowest BCUT2D eigenvalue weighted by Crippen LogP contribution is -2.00. The zero-order chi connectivity index (χ0) is 10.9. The van der Waals surface area contributed by atoms with Gasteiger partial charge in [-0.15, -0.1) is 23.5 Å². The first-order chi connectivity index (χ1) is 7.36. The van der Waals surface area contributed by atoms with Gasteiger partial charge < -0.3 is 0 Å². The third-order valence-corrected chi connectivity index (χ3v) is 4.91. The van der Waals surface area contributed by atoms with Crippen LogP contribution >= 0.6 is 23.5 Å². The van der Waals surface area contributed by atoms with E-state index in [-0.39, 0.29) is 0 Å². The highest BCUT2D eigenvalue weighted by Gasteiger charge is 2.07. The Morgan fingerprint density at radius 1 is 1.00 bits per heavy atom. The van der Waals surface area contributed by atoms with E-state index in [9.17, 15) is 0 Å². The first-order valence-electron chi connectivity index (χ1n) is 5.64. The van der Waals surface area contributed by atoms with Crippen molar-refractivity contribution in [2.45, 2.75) is 31.3 Å². The summed E-state index contributed by atoms with van der Waals surface area (Å²) in [6.45, 7) is 4.49. The van der Waals surface area contributed by atoms with Crippen LogP contribution in [-0.4, -0.2) is 16.1 Å². The molecule has 84 valence electrons. The number of benzene rings is 1. The van der Waals surface area contributed by atoms with Gasteiger partial charge in [0, 0.05) is 0 Å². The van der Waals surface area contributed by atoms with Gasteiger partial charge >= 0.3 is 0 Å². The summed E-state index contributed by atoms with van der Waals surface area (Å²) in [6.07, 6.45) is 2.51. The van der Waals surface area contributed by atoms with Crippen molar-refractivity contribution in [3.63, 3.8) is 0 Å². The Kier molecular flexibility index (Phi) is 7.03. The topological polar surface area (TPSA) is 0 Å². The van der Waals surface area contributed by atoms with Gasteiger partial charge in [-0.2, -0.15) is 0 Å². The largest absolute Gasteiger partial charge is 0.148 e. The molecule has 0 aliphatic carbocycles. The van der Waals surface area contributed by atoms with Gasteiger partial charge in [0.25, 0.3) is 0 Å². The maximum atomic E-state index is 2.25. The lowest BCUT2D eigenvalue weighted by atomic mass is 10.1. The molecular weight excluding hydrogens is 220 g/mol. The van der Waals surface area contributed by atoms with E-state index in [1.165, 1.54) is 29.9 Å². The standard InChI is InChI=1S/C13H20S2/c1-3-14-13(15-4-2)11-10-12-8-6-5-7-9-12/h5-9,13H,3-4,10-11H2,1-2H3. The van der Waals surface area contributed by atoms with Crippen LogP contribution in [0.15, 0.2) is 30.3 Å². The van der Waals surface area contributed by atoms with Gasteiger partial charge in [-0.05, 0) is 29.9 Å². The van der Waals surface area contributed by atoms with Gasteiger partial charge in [0.1, 0.15) is 0 Å². The van der Waals surface area contributed by atoms with Crippen molar-refractivity contribution in [2.75, 3.05) is 11.5 Å². The lowest BCUT2D eigenvalue weighted by Gasteiger charge is -2.14. The Morgan fingerprint density at radius 3 is 2.13 bits per heavy atom. The fourth-order valence-corrected chi connectivity index (χ4v) is 4.03. The molecule has 2 heteroatoms. The molecule has 0 heterocycles. The molecule has 0 unspecified atom stereocenters. The summed E-state index contributed by atoms with van der Waals surface area (Å²) >= 11 is 4.17. The molecule has 0 fully saturated rings. The van der Waals surface area contributed by atoms with Crippen molar-refractivity contribution in [2.24, 2.45) is 0 Å². The van der Waals surface area contributed by atoms with Crippen LogP contribution in [0.4, 0.5) is 0 Å². The van der Waals surface area contributed by atoms with Crippen LogP contribution in [-0.2, 0) is 6.42 Å². The van der Waals surface area contributed by atoms with E-state index >= 15 is 0 Å². The summed E-state index contributed by atoms with van der Waals surface area (Å²) in [5.74, 6) is 2.46. The van der Waals surface area contributed by atoms with Gasteiger partial charge in [0.05, 0.1) is 4.58 Å². The van der Waals surface area contributed by atoms with Crippen LogP contribution in [0, 0.1) is 0 Å². The minimum atomic E-state index is 0.778. The van der Waals surface area contributed by atoms with Gasteiger partial charge in [-0.1, -0.05) is 44.2 Å². The SMILES string of the molecule is CCSC(CCc1ccccc1)SCC. The molecule has 0 aliphatic rings. The molecule has 0 nitrogen and oxygen atoms in total. The average molecular weight is 240 g/mol. The lowest BCUT2D eigenvalue weighted by molar-refractivity contribution is 0.904. The molecule has 0 N–H and O–H groups in total. The van der Waals surface area contributed by atoms with E-state index in [1.807, 2.05) is 0 Å². The molecule has 0 aromatic heterocycles. The highest BCUT2D eigenvalue weighted by atomic mass is 32.2. The molecule has 0 atom stereocenters. The molecule has 0 saturated carbocycles. The Balaban J connectivity index is 2.33. The Labute approximate surface area is 102 Å². The second-order valence-corrected chi connectivity index (χ2v) is 6.62. The van der Waals surface area contributed by atoms with E-state index in [2.05, 4.69) is 67.7 Å². The minimum absolute atomic E-state index is 0.778. The summed E-state index contributed by atoms with van der Waals surface area (Å²) in [5.41, 5.74) is 1.47. The second-order valence-electron chi connectivity index (χ2n) is 3.36. The molecule has 1 aromatic carbocycles. The fraction of sp³-hybridized carbons (Fsp3) is 0.538. The molecule has 0 radical (unpaired) electrons. The van der Waals surface area contributed by atoms with E-state index < -0.39 is 0 Å².